The first kappa shape index (κ1) is 12.8. The average molecular weight is 244 g/mol. The summed E-state index contributed by atoms with van der Waals surface area (Å²) >= 11 is 5.77. The normalized spacial score (nSPS) is 12.2. The van der Waals surface area contributed by atoms with Crippen molar-refractivity contribution in [3.05, 3.63) is 28.8 Å². The van der Waals surface area contributed by atoms with Crippen molar-refractivity contribution in [3.63, 3.8) is 0 Å². The highest BCUT2D eigenvalue weighted by Gasteiger charge is 2.15. The minimum atomic E-state index is -0.496. The molecule has 0 bridgehead atoms. The van der Waals surface area contributed by atoms with Gasteiger partial charge < -0.3 is 15.2 Å². The predicted octanol–water partition coefficient (Wildman–Crippen LogP) is 2.11. The number of rotatable bonds is 4. The number of esters is 1. The molecule has 0 unspecified atom stereocenters. The molecule has 2 N–H and O–H groups in total. The van der Waals surface area contributed by atoms with Crippen molar-refractivity contribution >= 4 is 23.3 Å². The van der Waals surface area contributed by atoms with Crippen LogP contribution in [0.3, 0.4) is 0 Å². The summed E-state index contributed by atoms with van der Waals surface area (Å²) in [7, 11) is 1.54. The summed E-state index contributed by atoms with van der Waals surface area (Å²) in [6, 6.07) is 4.67. The zero-order valence-electron chi connectivity index (χ0n) is 9.20. The van der Waals surface area contributed by atoms with E-state index in [-0.39, 0.29) is 11.7 Å². The second-order valence-electron chi connectivity index (χ2n) is 3.40. The molecule has 1 aromatic carbocycles. The highest BCUT2D eigenvalue weighted by atomic mass is 35.5. The van der Waals surface area contributed by atoms with Crippen molar-refractivity contribution < 1.29 is 14.3 Å². The quantitative estimate of drug-likeness (QED) is 0.650. The van der Waals surface area contributed by atoms with Gasteiger partial charge in [-0.05, 0) is 25.1 Å². The summed E-state index contributed by atoms with van der Waals surface area (Å²) in [6.07, 6.45) is -0.323. The molecule has 4 nitrogen and oxygen atoms in total. The van der Waals surface area contributed by atoms with Crippen molar-refractivity contribution in [2.75, 3.05) is 19.5 Å². The van der Waals surface area contributed by atoms with Crippen LogP contribution in [0.5, 0.6) is 0 Å². The first-order valence-electron chi connectivity index (χ1n) is 4.79. The maximum Gasteiger partial charge on any atom is 0.340 e. The summed E-state index contributed by atoms with van der Waals surface area (Å²) in [6.45, 7) is 2.08. The molecule has 0 fully saturated rings. The van der Waals surface area contributed by atoms with Crippen LogP contribution in [0.4, 0.5) is 5.69 Å². The van der Waals surface area contributed by atoms with Gasteiger partial charge in [0, 0.05) is 17.8 Å². The predicted molar refractivity (Wildman–Crippen MR) is 62.6 cm³/mol. The number of carbonyl (C=O) groups is 1. The molecule has 16 heavy (non-hydrogen) atoms. The Morgan fingerprint density at radius 2 is 2.25 bits per heavy atom. The number of halogens is 1. The topological polar surface area (TPSA) is 61.5 Å². The standard InChI is InChI=1S/C11H14ClNO3/c1-7(6-15-2)16-11(14)9-5-8(12)3-4-10(9)13/h3-5,7H,6,13H2,1-2H3/t7-/m0/s1. The monoisotopic (exact) mass is 243 g/mol. The maximum atomic E-state index is 11.7. The zero-order valence-corrected chi connectivity index (χ0v) is 9.95. The van der Waals surface area contributed by atoms with Gasteiger partial charge in [-0.15, -0.1) is 0 Å². The number of nitrogens with two attached hydrogens (primary N) is 1. The molecule has 0 aliphatic heterocycles. The van der Waals surface area contributed by atoms with E-state index in [0.29, 0.717) is 17.3 Å². The van der Waals surface area contributed by atoms with Crippen LogP contribution >= 0.6 is 11.6 Å². The minimum Gasteiger partial charge on any atom is -0.457 e. The summed E-state index contributed by atoms with van der Waals surface area (Å²) in [5.74, 6) is -0.496. The van der Waals surface area contributed by atoms with E-state index in [4.69, 9.17) is 26.8 Å². The van der Waals surface area contributed by atoms with Gasteiger partial charge in [0.1, 0.15) is 6.10 Å². The average Bonchev–Trinajstić information content (AvgIpc) is 2.21. The van der Waals surface area contributed by atoms with Gasteiger partial charge in [0.15, 0.2) is 0 Å². The Balaban J connectivity index is 2.76. The van der Waals surface area contributed by atoms with E-state index in [2.05, 4.69) is 0 Å². The van der Waals surface area contributed by atoms with E-state index in [1.54, 1.807) is 19.1 Å². The fourth-order valence-corrected chi connectivity index (χ4v) is 1.39. The van der Waals surface area contributed by atoms with Gasteiger partial charge in [0.25, 0.3) is 0 Å². The molecule has 1 rings (SSSR count). The van der Waals surface area contributed by atoms with E-state index in [1.165, 1.54) is 13.2 Å². The summed E-state index contributed by atoms with van der Waals surface area (Å²) in [5, 5.41) is 0.445. The number of ether oxygens (including phenoxy) is 2. The molecular formula is C11H14ClNO3. The second-order valence-corrected chi connectivity index (χ2v) is 3.84. The van der Waals surface area contributed by atoms with E-state index >= 15 is 0 Å². The maximum absolute atomic E-state index is 11.7. The Morgan fingerprint density at radius 3 is 2.88 bits per heavy atom. The van der Waals surface area contributed by atoms with Gasteiger partial charge in [-0.3, -0.25) is 0 Å². The lowest BCUT2D eigenvalue weighted by Gasteiger charge is -2.13. The molecule has 0 saturated heterocycles. The fourth-order valence-electron chi connectivity index (χ4n) is 1.22. The number of methoxy groups -OCH3 is 1. The lowest BCUT2D eigenvalue weighted by atomic mass is 10.2. The van der Waals surface area contributed by atoms with Crippen molar-refractivity contribution in [1.29, 1.82) is 0 Å². The number of hydrogen-bond donors (Lipinski definition) is 1. The van der Waals surface area contributed by atoms with Crippen molar-refractivity contribution in [3.8, 4) is 0 Å². The molecule has 1 aromatic rings. The van der Waals surface area contributed by atoms with Crippen LogP contribution in [-0.2, 0) is 9.47 Å². The van der Waals surface area contributed by atoms with E-state index < -0.39 is 5.97 Å². The van der Waals surface area contributed by atoms with Crippen molar-refractivity contribution in [2.24, 2.45) is 0 Å². The van der Waals surface area contributed by atoms with Crippen LogP contribution < -0.4 is 5.73 Å². The van der Waals surface area contributed by atoms with Crippen LogP contribution in [0.1, 0.15) is 17.3 Å². The van der Waals surface area contributed by atoms with Gasteiger partial charge in [0.2, 0.25) is 0 Å². The fraction of sp³-hybridized carbons (Fsp3) is 0.364. The number of hydrogen-bond acceptors (Lipinski definition) is 4. The van der Waals surface area contributed by atoms with E-state index in [9.17, 15) is 4.79 Å². The number of nitrogen functional groups attached to an aromatic ring is 1. The molecule has 0 spiro atoms. The van der Waals surface area contributed by atoms with E-state index in [1.807, 2.05) is 0 Å². The molecule has 0 aliphatic carbocycles. The first-order chi connectivity index (χ1) is 7.54. The van der Waals surface area contributed by atoms with Crippen LogP contribution in [0.25, 0.3) is 0 Å². The van der Waals surface area contributed by atoms with Gasteiger partial charge >= 0.3 is 5.97 Å². The van der Waals surface area contributed by atoms with Gasteiger partial charge in [0.05, 0.1) is 12.2 Å². The summed E-state index contributed by atoms with van der Waals surface area (Å²) in [5.41, 5.74) is 6.27. The Labute approximate surface area is 99.3 Å². The van der Waals surface area contributed by atoms with Gasteiger partial charge in [-0.2, -0.15) is 0 Å². The van der Waals surface area contributed by atoms with Crippen LogP contribution in [0.15, 0.2) is 18.2 Å². The summed E-state index contributed by atoms with van der Waals surface area (Å²) in [4.78, 5) is 11.7. The largest absolute Gasteiger partial charge is 0.457 e. The Bertz CT molecular complexity index is 381. The van der Waals surface area contributed by atoms with Crippen molar-refractivity contribution in [1.82, 2.24) is 0 Å². The van der Waals surface area contributed by atoms with E-state index in [0.717, 1.165) is 0 Å². The zero-order chi connectivity index (χ0) is 12.1. The first-order valence-corrected chi connectivity index (χ1v) is 5.17. The number of benzene rings is 1. The third kappa shape index (κ3) is 3.40. The molecule has 0 aliphatic rings. The minimum absolute atomic E-state index is 0.274. The van der Waals surface area contributed by atoms with Gasteiger partial charge in [-0.1, -0.05) is 11.6 Å². The third-order valence-electron chi connectivity index (χ3n) is 1.94. The number of anilines is 1. The van der Waals surface area contributed by atoms with Crippen LogP contribution in [0.2, 0.25) is 5.02 Å². The molecule has 88 valence electrons. The Hall–Kier alpha value is -1.26. The third-order valence-corrected chi connectivity index (χ3v) is 2.18. The molecule has 1 atom stereocenters. The number of carbonyl (C=O) groups excluding carboxylic acids is 1. The molecule has 5 heteroatoms. The lowest BCUT2D eigenvalue weighted by molar-refractivity contribution is 0.0121. The van der Waals surface area contributed by atoms with Crippen LogP contribution in [0, 0.1) is 0 Å². The second kappa shape index (κ2) is 5.72. The molecule has 0 saturated carbocycles. The molecule has 0 radical (unpaired) electrons. The lowest BCUT2D eigenvalue weighted by Crippen LogP contribution is -2.20. The van der Waals surface area contributed by atoms with Gasteiger partial charge in [-0.25, -0.2) is 4.79 Å². The molecular weight excluding hydrogens is 230 g/mol. The highest BCUT2D eigenvalue weighted by molar-refractivity contribution is 6.31. The SMILES string of the molecule is COC[C@H](C)OC(=O)c1cc(Cl)ccc1N. The molecule has 0 aromatic heterocycles. The summed E-state index contributed by atoms with van der Waals surface area (Å²) < 4.78 is 9.97. The van der Waals surface area contributed by atoms with Crippen molar-refractivity contribution in [2.45, 2.75) is 13.0 Å². The molecule has 0 heterocycles. The smallest absolute Gasteiger partial charge is 0.340 e. The highest BCUT2D eigenvalue weighted by Crippen LogP contribution is 2.19. The van der Waals surface area contributed by atoms with Crippen LogP contribution in [-0.4, -0.2) is 25.8 Å². The molecule has 0 amide bonds. The Kier molecular flexibility index (Phi) is 4.58. The Morgan fingerprint density at radius 1 is 1.56 bits per heavy atom.